The van der Waals surface area contributed by atoms with E-state index in [4.69, 9.17) is 20.4 Å². The van der Waals surface area contributed by atoms with E-state index < -0.39 is 53.5 Å². The number of aliphatic hydroxyl groups is 4. The maximum atomic E-state index is 10.3. The van der Waals surface area contributed by atoms with E-state index >= 15 is 0 Å². The zero-order valence-electron chi connectivity index (χ0n) is 31.4. The number of nitrogens with zero attached hydrogens (tertiary/aromatic N) is 3. The van der Waals surface area contributed by atoms with E-state index in [2.05, 4.69) is 20.8 Å². The van der Waals surface area contributed by atoms with Crippen LogP contribution in [0.1, 0.15) is 115 Å². The van der Waals surface area contributed by atoms with Crippen molar-refractivity contribution < 1.29 is 65.8 Å². The number of rotatable bonds is 5. The molecule has 3 saturated heterocycles. The lowest BCUT2D eigenvalue weighted by Crippen LogP contribution is -2.61. The van der Waals surface area contributed by atoms with Gasteiger partial charge in [-0.3, -0.25) is 9.59 Å². The molecule has 6 unspecified atom stereocenters. The van der Waals surface area contributed by atoms with Crippen molar-refractivity contribution in [2.24, 2.45) is 34.0 Å². The highest BCUT2D eigenvalue weighted by atomic mass is 16.6. The van der Waals surface area contributed by atoms with Crippen molar-refractivity contribution in [1.29, 1.82) is 0 Å². The summed E-state index contributed by atoms with van der Waals surface area (Å²) in [5.41, 5.74) is -6.85. The van der Waals surface area contributed by atoms with Crippen molar-refractivity contribution in [3.63, 3.8) is 0 Å². The van der Waals surface area contributed by atoms with Crippen molar-refractivity contribution in [2.45, 2.75) is 138 Å². The molecule has 49 heavy (non-hydrogen) atoms. The summed E-state index contributed by atoms with van der Waals surface area (Å²) in [5, 5.41) is 95.4. The highest BCUT2D eigenvalue weighted by molar-refractivity contribution is 5.88. The second kappa shape index (κ2) is 16.6. The fourth-order valence-electron chi connectivity index (χ4n) is 5.80. The van der Waals surface area contributed by atoms with E-state index in [1.165, 1.54) is 0 Å². The molecule has 0 amide bonds. The van der Waals surface area contributed by atoms with Gasteiger partial charge < -0.3 is 51.4 Å². The molecule has 6 atom stereocenters. The molecule has 290 valence electrons. The first kappa shape index (κ1) is 47.0. The summed E-state index contributed by atoms with van der Waals surface area (Å²) in [6, 6.07) is 0. The molecule has 0 aromatic heterocycles. The molecule has 3 aliphatic rings. The van der Waals surface area contributed by atoms with Gasteiger partial charge in [0.1, 0.15) is 17.2 Å². The van der Waals surface area contributed by atoms with E-state index in [9.17, 15) is 45.3 Å². The molecular weight excluding hydrogens is 646 g/mol. The molecule has 0 aliphatic carbocycles. The van der Waals surface area contributed by atoms with Crippen LogP contribution in [0.4, 0.5) is 0 Å². The van der Waals surface area contributed by atoms with E-state index in [-0.39, 0.29) is 16.2 Å². The molecule has 16 nitrogen and oxygen atoms in total. The summed E-state index contributed by atoms with van der Waals surface area (Å²) in [5.74, 6) is -3.74. The van der Waals surface area contributed by atoms with E-state index in [1.54, 1.807) is 20.8 Å². The average Bonchev–Trinajstić information content (AvgIpc) is 2.94. The summed E-state index contributed by atoms with van der Waals surface area (Å²) in [6.45, 7) is 24.9. The average molecular weight is 712 g/mol. The minimum absolute atomic E-state index is 0.264. The molecule has 16 heteroatoms. The third-order valence-corrected chi connectivity index (χ3v) is 12.5. The van der Waals surface area contributed by atoms with Crippen LogP contribution in [-0.2, 0) is 14.4 Å². The monoisotopic (exact) mass is 711 g/mol. The quantitative estimate of drug-likeness (QED) is 0.196. The van der Waals surface area contributed by atoms with Crippen LogP contribution < -0.4 is 0 Å². The highest BCUT2D eigenvalue weighted by Crippen LogP contribution is 2.46. The zero-order chi connectivity index (χ0) is 39.4. The van der Waals surface area contributed by atoms with Crippen LogP contribution in [0.5, 0.6) is 0 Å². The number of hydrogen-bond donors (Lipinski definition) is 10. The Morgan fingerprint density at radius 2 is 0.755 bits per heavy atom. The lowest BCUT2D eigenvalue weighted by atomic mass is 9.68. The van der Waals surface area contributed by atoms with Crippen LogP contribution in [0.15, 0.2) is 0 Å². The van der Waals surface area contributed by atoms with Crippen molar-refractivity contribution in [3.05, 3.63) is 0 Å². The topological polar surface area (TPSA) is 263 Å². The highest BCUT2D eigenvalue weighted by Gasteiger charge is 2.52. The lowest BCUT2D eigenvalue weighted by Gasteiger charge is -2.52. The van der Waals surface area contributed by atoms with Crippen LogP contribution in [0.3, 0.4) is 0 Å². The summed E-state index contributed by atoms with van der Waals surface area (Å²) in [4.78, 5) is 30.5. The molecule has 0 spiro atoms. The molecule has 3 fully saturated rings. The smallest absolute Gasteiger partial charge is 0.336 e. The molecule has 0 aromatic rings. The second-order valence-electron chi connectivity index (χ2n) is 16.1. The first-order valence-electron chi connectivity index (χ1n) is 16.6. The first-order chi connectivity index (χ1) is 21.7. The van der Waals surface area contributed by atoms with Crippen molar-refractivity contribution >= 4 is 17.9 Å². The van der Waals surface area contributed by atoms with Gasteiger partial charge >= 0.3 is 17.9 Å². The van der Waals surface area contributed by atoms with E-state index in [1.807, 2.05) is 41.5 Å². The number of carboxylic acid groups (broad SMARTS) is 3. The van der Waals surface area contributed by atoms with Crippen LogP contribution in [-0.4, -0.2) is 127 Å². The largest absolute Gasteiger partial charge is 0.481 e. The summed E-state index contributed by atoms with van der Waals surface area (Å²) >= 11 is 0. The maximum absolute atomic E-state index is 10.3. The molecule has 0 aromatic carbocycles. The number of carboxylic acids is 3. The molecule has 0 bridgehead atoms. The fraction of sp³-hybridized carbons (Fsp3) is 0.909. The summed E-state index contributed by atoms with van der Waals surface area (Å²) < 4.78 is 0. The van der Waals surface area contributed by atoms with Gasteiger partial charge in [0.2, 0.25) is 0 Å². The first-order valence-corrected chi connectivity index (χ1v) is 16.6. The third-order valence-electron chi connectivity index (χ3n) is 12.5. The Kier molecular flexibility index (Phi) is 15.9. The minimum Gasteiger partial charge on any atom is -0.481 e. The van der Waals surface area contributed by atoms with Crippen molar-refractivity contribution in [2.75, 3.05) is 19.6 Å². The molecule has 0 radical (unpaired) electrons. The Bertz CT molecular complexity index is 952. The molecule has 3 aliphatic heterocycles. The second-order valence-corrected chi connectivity index (χ2v) is 16.1. The zero-order valence-corrected chi connectivity index (χ0v) is 31.4. The predicted octanol–water partition coefficient (Wildman–Crippen LogP) is 3.11. The van der Waals surface area contributed by atoms with Crippen molar-refractivity contribution in [3.8, 4) is 0 Å². The maximum Gasteiger partial charge on any atom is 0.336 e. The van der Waals surface area contributed by atoms with E-state index in [0.717, 1.165) is 34.5 Å². The summed E-state index contributed by atoms with van der Waals surface area (Å²) in [6.07, 6.45) is 0.502. The number of carbonyl (C=O) groups is 3. The summed E-state index contributed by atoms with van der Waals surface area (Å²) in [7, 11) is 0. The number of piperidine rings is 3. The number of hydrogen-bond acceptors (Lipinski definition) is 13. The van der Waals surface area contributed by atoms with Crippen molar-refractivity contribution in [1.82, 2.24) is 15.2 Å². The van der Waals surface area contributed by atoms with Crippen LogP contribution in [0, 0.1) is 34.0 Å². The predicted molar refractivity (Wildman–Crippen MR) is 177 cm³/mol. The van der Waals surface area contributed by atoms with Gasteiger partial charge in [-0.2, -0.15) is 15.2 Å². The molecule has 10 N–H and O–H groups in total. The minimum atomic E-state index is -2.74. The Hall–Kier alpha value is -1.99. The van der Waals surface area contributed by atoms with Crippen LogP contribution in [0.2, 0.25) is 0 Å². The Labute approximate surface area is 290 Å². The number of aliphatic carboxylic acids is 3. The lowest BCUT2D eigenvalue weighted by molar-refractivity contribution is -0.323. The SMILES string of the molecule is CC1CCN(O)C(C)(O)C1(C)C.CC1CCN(O)C(C)(O)C1(C)C.CC1CCN(O)C(C)(O)C1(C)C.O=C(O)CC(O)(CC(=O)O)C(=O)O. The Balaban J connectivity index is 0.000000627. The molecule has 3 heterocycles. The van der Waals surface area contributed by atoms with Crippen LogP contribution in [0.25, 0.3) is 0 Å². The van der Waals surface area contributed by atoms with Gasteiger partial charge in [-0.05, 0) is 57.8 Å². The Morgan fingerprint density at radius 1 is 0.551 bits per heavy atom. The van der Waals surface area contributed by atoms with Gasteiger partial charge in [0.25, 0.3) is 0 Å². The van der Waals surface area contributed by atoms with E-state index in [0.29, 0.717) is 37.4 Å². The van der Waals surface area contributed by atoms with Gasteiger partial charge in [0, 0.05) is 35.9 Å². The molecule has 3 rings (SSSR count). The van der Waals surface area contributed by atoms with Crippen LogP contribution >= 0.6 is 0 Å². The Morgan fingerprint density at radius 3 is 0.898 bits per heavy atom. The van der Waals surface area contributed by atoms with Gasteiger partial charge in [-0.15, -0.1) is 0 Å². The molecular formula is C33H65N3O13. The number of hydroxylamine groups is 6. The third kappa shape index (κ3) is 10.5. The molecule has 0 saturated carbocycles. The van der Waals surface area contributed by atoms with Gasteiger partial charge in [-0.1, -0.05) is 62.3 Å². The van der Waals surface area contributed by atoms with Gasteiger partial charge in [-0.25, -0.2) is 4.79 Å². The van der Waals surface area contributed by atoms with Gasteiger partial charge in [0.05, 0.1) is 12.8 Å². The van der Waals surface area contributed by atoms with Gasteiger partial charge in [0.15, 0.2) is 5.60 Å². The standard InChI is InChI=1S/3C9H19NO2.C6H8O7/c3*1-7-5-6-10(12)9(4,11)8(7,2)3;7-3(8)1-6(13,5(11)12)2-4(9)10/h3*7,11-12H,5-6H2,1-4H3;13H,1-2H2,(H,7,8)(H,9,10)(H,11,12). The normalized spacial score (nSPS) is 34.5. The fourth-order valence-corrected chi connectivity index (χ4v) is 5.80.